The topological polar surface area (TPSA) is 49.3 Å². The number of rotatable bonds is 5. The van der Waals surface area contributed by atoms with E-state index in [1.54, 1.807) is 0 Å². The maximum absolute atomic E-state index is 11.9. The molecule has 0 saturated heterocycles. The van der Waals surface area contributed by atoms with Crippen LogP contribution in [0.1, 0.15) is 44.2 Å². The zero-order valence-corrected chi connectivity index (χ0v) is 12.5. The number of anilines is 1. The molecule has 1 aromatic carbocycles. The molecule has 2 N–H and O–H groups in total. The molecule has 0 spiro atoms. The van der Waals surface area contributed by atoms with Crippen molar-refractivity contribution in [1.29, 1.82) is 0 Å². The molecule has 3 heteroatoms. The van der Waals surface area contributed by atoms with Gasteiger partial charge in [0.2, 0.25) is 5.91 Å². The summed E-state index contributed by atoms with van der Waals surface area (Å²) in [6, 6.07) is 5.75. The molecule has 108 valence electrons. The van der Waals surface area contributed by atoms with Gasteiger partial charge >= 0.3 is 0 Å². The van der Waals surface area contributed by atoms with Crippen molar-refractivity contribution in [1.82, 2.24) is 0 Å². The molecule has 0 bridgehead atoms. The maximum Gasteiger partial charge on any atom is 0.224 e. The van der Waals surface area contributed by atoms with Gasteiger partial charge in [-0.25, -0.2) is 0 Å². The number of carbonyl (C=O) groups is 1. The first-order chi connectivity index (χ1) is 9.52. The molecule has 0 radical (unpaired) electrons. The van der Waals surface area contributed by atoms with Crippen molar-refractivity contribution in [3.8, 4) is 11.8 Å². The van der Waals surface area contributed by atoms with E-state index >= 15 is 0 Å². The molecule has 0 aliphatic carbocycles. The molecule has 0 atom stereocenters. The molecular formula is C17H23NO2. The van der Waals surface area contributed by atoms with Crippen molar-refractivity contribution in [2.75, 3.05) is 11.9 Å². The Balaban J connectivity index is 2.72. The molecule has 1 aromatic rings. The van der Waals surface area contributed by atoms with Gasteiger partial charge in [0.15, 0.2) is 0 Å². The van der Waals surface area contributed by atoms with E-state index in [0.717, 1.165) is 23.2 Å². The number of aliphatic hydroxyl groups excluding tert-OH is 1. The first-order valence-corrected chi connectivity index (χ1v) is 7.03. The fraction of sp³-hybridized carbons (Fsp3) is 0.471. The predicted molar refractivity (Wildman–Crippen MR) is 82.5 cm³/mol. The maximum atomic E-state index is 11.9. The Kier molecular flexibility index (Phi) is 6.83. The van der Waals surface area contributed by atoms with Gasteiger partial charge in [0.1, 0.15) is 0 Å². The van der Waals surface area contributed by atoms with Gasteiger partial charge in [-0.15, -0.1) is 0 Å². The van der Waals surface area contributed by atoms with E-state index in [0.29, 0.717) is 18.8 Å². The van der Waals surface area contributed by atoms with Crippen LogP contribution in [0.15, 0.2) is 18.2 Å². The summed E-state index contributed by atoms with van der Waals surface area (Å²) >= 11 is 0. The third-order valence-corrected chi connectivity index (χ3v) is 2.93. The lowest BCUT2D eigenvalue weighted by atomic mass is 10.1. The van der Waals surface area contributed by atoms with Crippen LogP contribution in [-0.2, 0) is 4.79 Å². The molecule has 0 unspecified atom stereocenters. The lowest BCUT2D eigenvalue weighted by Crippen LogP contribution is -2.13. The van der Waals surface area contributed by atoms with Gasteiger partial charge in [0.05, 0.1) is 6.61 Å². The summed E-state index contributed by atoms with van der Waals surface area (Å²) in [5.74, 6) is 6.42. The fourth-order valence-electron chi connectivity index (χ4n) is 1.69. The van der Waals surface area contributed by atoms with Gasteiger partial charge in [0.25, 0.3) is 0 Å². The van der Waals surface area contributed by atoms with E-state index in [1.807, 2.05) is 25.1 Å². The Morgan fingerprint density at radius 3 is 2.80 bits per heavy atom. The number of aryl methyl sites for hydroxylation is 1. The Hall–Kier alpha value is -1.79. The Morgan fingerprint density at radius 2 is 2.15 bits per heavy atom. The predicted octanol–water partition coefficient (Wildman–Crippen LogP) is 3.10. The number of aliphatic hydroxyl groups is 1. The minimum absolute atomic E-state index is 0.0438. The Labute approximate surface area is 121 Å². The van der Waals surface area contributed by atoms with Gasteiger partial charge < -0.3 is 10.4 Å². The third-order valence-electron chi connectivity index (χ3n) is 2.93. The summed E-state index contributed by atoms with van der Waals surface area (Å²) < 4.78 is 0. The zero-order chi connectivity index (χ0) is 15.0. The SMILES string of the molecule is Cc1ccc(C#CCCO)cc1NC(=O)CCC(C)C. The second-order valence-corrected chi connectivity index (χ2v) is 5.29. The number of amides is 1. The highest BCUT2D eigenvalue weighted by Crippen LogP contribution is 2.17. The average Bonchev–Trinajstić information content (AvgIpc) is 2.40. The largest absolute Gasteiger partial charge is 0.395 e. The van der Waals surface area contributed by atoms with Crippen molar-refractivity contribution in [3.63, 3.8) is 0 Å². The zero-order valence-electron chi connectivity index (χ0n) is 12.5. The summed E-state index contributed by atoms with van der Waals surface area (Å²) in [5, 5.41) is 11.6. The summed E-state index contributed by atoms with van der Waals surface area (Å²) in [7, 11) is 0. The van der Waals surface area contributed by atoms with Crippen LogP contribution in [0, 0.1) is 24.7 Å². The van der Waals surface area contributed by atoms with Gasteiger partial charge in [-0.1, -0.05) is 31.8 Å². The summed E-state index contributed by atoms with van der Waals surface area (Å²) in [5.41, 5.74) is 2.69. The molecule has 3 nitrogen and oxygen atoms in total. The number of benzene rings is 1. The average molecular weight is 273 g/mol. The second kappa shape index (κ2) is 8.39. The van der Waals surface area contributed by atoms with E-state index in [4.69, 9.17) is 5.11 Å². The van der Waals surface area contributed by atoms with Crippen LogP contribution in [0.2, 0.25) is 0 Å². The Morgan fingerprint density at radius 1 is 1.40 bits per heavy atom. The van der Waals surface area contributed by atoms with E-state index in [1.165, 1.54) is 0 Å². The minimum Gasteiger partial charge on any atom is -0.395 e. The van der Waals surface area contributed by atoms with Gasteiger partial charge in [0, 0.05) is 24.1 Å². The fourth-order valence-corrected chi connectivity index (χ4v) is 1.69. The van der Waals surface area contributed by atoms with Gasteiger partial charge in [-0.2, -0.15) is 0 Å². The smallest absolute Gasteiger partial charge is 0.224 e. The molecule has 0 aromatic heterocycles. The number of hydrogen-bond donors (Lipinski definition) is 2. The second-order valence-electron chi connectivity index (χ2n) is 5.29. The molecule has 1 amide bonds. The molecule has 0 heterocycles. The summed E-state index contributed by atoms with van der Waals surface area (Å²) in [6.07, 6.45) is 1.89. The van der Waals surface area contributed by atoms with Crippen molar-refractivity contribution in [2.24, 2.45) is 5.92 Å². The van der Waals surface area contributed by atoms with E-state index in [2.05, 4.69) is 31.0 Å². The van der Waals surface area contributed by atoms with Crippen molar-refractivity contribution < 1.29 is 9.90 Å². The molecule has 0 aliphatic rings. The monoisotopic (exact) mass is 273 g/mol. The lowest BCUT2D eigenvalue weighted by molar-refractivity contribution is -0.116. The first-order valence-electron chi connectivity index (χ1n) is 7.03. The first kappa shape index (κ1) is 16.3. The molecule has 1 rings (SSSR count). The normalized spacial score (nSPS) is 10.1. The molecule has 0 aliphatic heterocycles. The van der Waals surface area contributed by atoms with Crippen LogP contribution in [0.4, 0.5) is 5.69 Å². The van der Waals surface area contributed by atoms with Crippen molar-refractivity contribution >= 4 is 11.6 Å². The van der Waals surface area contributed by atoms with Crippen molar-refractivity contribution in [3.05, 3.63) is 29.3 Å². The van der Waals surface area contributed by atoms with Crippen LogP contribution in [-0.4, -0.2) is 17.6 Å². The third kappa shape index (κ3) is 5.90. The van der Waals surface area contributed by atoms with Crippen LogP contribution >= 0.6 is 0 Å². The Bertz CT molecular complexity index is 509. The number of nitrogens with one attached hydrogen (secondary N) is 1. The highest BCUT2D eigenvalue weighted by Gasteiger charge is 2.06. The van der Waals surface area contributed by atoms with Crippen LogP contribution in [0.5, 0.6) is 0 Å². The quantitative estimate of drug-likeness (QED) is 0.810. The van der Waals surface area contributed by atoms with E-state index < -0.39 is 0 Å². The summed E-state index contributed by atoms with van der Waals surface area (Å²) in [6.45, 7) is 6.24. The van der Waals surface area contributed by atoms with Crippen LogP contribution in [0.3, 0.4) is 0 Å². The minimum atomic E-state index is 0.0438. The van der Waals surface area contributed by atoms with Crippen LogP contribution in [0.25, 0.3) is 0 Å². The molecule has 0 saturated carbocycles. The molecule has 20 heavy (non-hydrogen) atoms. The summed E-state index contributed by atoms with van der Waals surface area (Å²) in [4.78, 5) is 11.9. The van der Waals surface area contributed by atoms with Crippen molar-refractivity contribution in [2.45, 2.75) is 40.0 Å². The highest BCUT2D eigenvalue weighted by molar-refractivity contribution is 5.91. The van der Waals surface area contributed by atoms with Crippen LogP contribution < -0.4 is 5.32 Å². The van der Waals surface area contributed by atoms with Gasteiger partial charge in [-0.05, 0) is 37.0 Å². The standard InChI is InChI=1S/C17H23NO2/c1-13(2)7-10-17(20)18-16-12-15(6-4-5-11-19)9-8-14(16)3/h8-9,12-13,19H,5,7,10-11H2,1-3H3,(H,18,20). The van der Waals surface area contributed by atoms with E-state index in [9.17, 15) is 4.79 Å². The molecule has 0 fully saturated rings. The lowest BCUT2D eigenvalue weighted by Gasteiger charge is -2.10. The van der Waals surface area contributed by atoms with Gasteiger partial charge in [-0.3, -0.25) is 4.79 Å². The molecular weight excluding hydrogens is 250 g/mol. The number of hydrogen-bond acceptors (Lipinski definition) is 2. The van der Waals surface area contributed by atoms with E-state index in [-0.39, 0.29) is 12.5 Å². The number of carbonyl (C=O) groups excluding carboxylic acids is 1. The highest BCUT2D eigenvalue weighted by atomic mass is 16.2.